The minimum Gasteiger partial charge on any atom is -0.465 e. The molecule has 0 radical (unpaired) electrons. The molecule has 0 saturated carbocycles. The zero-order valence-corrected chi connectivity index (χ0v) is 16.0. The molecule has 1 N–H and O–H groups in total. The number of carbonyl (C=O) groups excluding carboxylic acids is 2. The lowest BCUT2D eigenvalue weighted by Gasteiger charge is -2.38. The van der Waals surface area contributed by atoms with Gasteiger partial charge in [-0.25, -0.2) is 0 Å². The molecule has 2 heterocycles. The number of anilines is 2. The van der Waals surface area contributed by atoms with E-state index in [0.717, 1.165) is 11.3 Å². The van der Waals surface area contributed by atoms with Crippen molar-refractivity contribution in [2.24, 2.45) is 0 Å². The number of carbonyl (C=O) groups is 2. The summed E-state index contributed by atoms with van der Waals surface area (Å²) in [6.07, 6.45) is 0. The van der Waals surface area contributed by atoms with Gasteiger partial charge in [-0.2, -0.15) is 5.10 Å². The number of nitrogens with one attached hydrogen (secondary N) is 1. The average molecular weight is 356 g/mol. The number of fused-ring (bicyclic) bond motifs is 1. The fraction of sp³-hybridized carbons (Fsp3) is 0.421. The van der Waals surface area contributed by atoms with Crippen LogP contribution in [-0.4, -0.2) is 34.2 Å². The van der Waals surface area contributed by atoms with E-state index in [2.05, 4.69) is 10.4 Å². The second kappa shape index (κ2) is 6.16. The van der Waals surface area contributed by atoms with Crippen LogP contribution in [-0.2, 0) is 16.1 Å². The zero-order chi connectivity index (χ0) is 19.2. The van der Waals surface area contributed by atoms with Gasteiger partial charge in [0.15, 0.2) is 0 Å². The number of hydrogen-bond donors (Lipinski definition) is 1. The van der Waals surface area contributed by atoms with Crippen LogP contribution in [0, 0.1) is 20.8 Å². The van der Waals surface area contributed by atoms with Crippen LogP contribution in [0.2, 0.25) is 0 Å². The molecular weight excluding hydrogens is 332 g/mol. The van der Waals surface area contributed by atoms with E-state index in [1.165, 1.54) is 11.8 Å². The third-order valence-corrected chi connectivity index (χ3v) is 4.86. The Morgan fingerprint density at radius 2 is 2.00 bits per heavy atom. The summed E-state index contributed by atoms with van der Waals surface area (Å²) >= 11 is 0. The Balaban J connectivity index is 1.95. The average Bonchev–Trinajstić information content (AvgIpc) is 2.88. The van der Waals surface area contributed by atoms with Gasteiger partial charge < -0.3 is 15.0 Å². The lowest BCUT2D eigenvalue weighted by atomic mass is 9.99. The smallest absolute Gasteiger partial charge is 0.280 e. The summed E-state index contributed by atoms with van der Waals surface area (Å²) in [7, 11) is 1.65. The Morgan fingerprint density at radius 3 is 2.62 bits per heavy atom. The number of amides is 2. The Labute approximate surface area is 152 Å². The molecule has 0 fully saturated rings. The summed E-state index contributed by atoms with van der Waals surface area (Å²) in [5.74, 6) is -0.415. The van der Waals surface area contributed by atoms with Crippen molar-refractivity contribution in [2.45, 2.75) is 46.8 Å². The number of ether oxygens (including phenoxy) is 1. The van der Waals surface area contributed by atoms with Crippen LogP contribution >= 0.6 is 0 Å². The van der Waals surface area contributed by atoms with Crippen LogP contribution in [0.4, 0.5) is 11.4 Å². The molecule has 1 aromatic heterocycles. The molecule has 3 rings (SSSR count). The summed E-state index contributed by atoms with van der Waals surface area (Å²) in [6, 6.07) is 5.54. The molecular formula is C19H24N4O3. The van der Waals surface area contributed by atoms with Gasteiger partial charge in [0.25, 0.3) is 17.4 Å². The standard InChI is InChI=1S/C19H24N4O3/c1-7-23-13(4)16(12(3)21-23)20-17(24)19(5)18(25)22(6)14-10-11(2)8-9-15(14)26-19/h8-10H,7H2,1-6H3,(H,20,24). The third kappa shape index (κ3) is 2.64. The van der Waals surface area contributed by atoms with E-state index in [1.54, 1.807) is 17.8 Å². The molecule has 26 heavy (non-hydrogen) atoms. The van der Waals surface area contributed by atoms with Gasteiger partial charge in [0.1, 0.15) is 5.75 Å². The van der Waals surface area contributed by atoms with Crippen molar-refractivity contribution < 1.29 is 14.3 Å². The van der Waals surface area contributed by atoms with E-state index in [4.69, 9.17) is 4.74 Å². The van der Waals surface area contributed by atoms with Crippen molar-refractivity contribution in [3.8, 4) is 5.75 Å². The third-order valence-electron chi connectivity index (χ3n) is 4.86. The molecule has 7 heteroatoms. The molecule has 0 bridgehead atoms. The lowest BCUT2D eigenvalue weighted by Crippen LogP contribution is -2.59. The van der Waals surface area contributed by atoms with Crippen LogP contribution in [0.15, 0.2) is 18.2 Å². The van der Waals surface area contributed by atoms with Crippen molar-refractivity contribution in [3.63, 3.8) is 0 Å². The first kappa shape index (κ1) is 18.0. The number of aryl methyl sites for hydroxylation is 3. The molecule has 1 atom stereocenters. The van der Waals surface area contributed by atoms with Crippen LogP contribution < -0.4 is 15.0 Å². The van der Waals surface area contributed by atoms with E-state index in [-0.39, 0.29) is 0 Å². The second-order valence-corrected chi connectivity index (χ2v) is 6.79. The molecule has 2 aromatic rings. The predicted molar refractivity (Wildman–Crippen MR) is 99.6 cm³/mol. The Hall–Kier alpha value is -2.83. The maximum absolute atomic E-state index is 13.0. The fourth-order valence-corrected chi connectivity index (χ4v) is 3.23. The summed E-state index contributed by atoms with van der Waals surface area (Å²) in [6.45, 7) is 9.83. The molecule has 2 amide bonds. The van der Waals surface area contributed by atoms with Crippen LogP contribution in [0.1, 0.15) is 30.8 Å². The van der Waals surface area contributed by atoms with Gasteiger partial charge in [0, 0.05) is 13.6 Å². The molecule has 0 aliphatic carbocycles. The number of benzene rings is 1. The van der Waals surface area contributed by atoms with Crippen LogP contribution in [0.3, 0.4) is 0 Å². The zero-order valence-electron chi connectivity index (χ0n) is 16.0. The van der Waals surface area contributed by atoms with E-state index in [1.807, 2.05) is 39.8 Å². The highest BCUT2D eigenvalue weighted by molar-refractivity contribution is 6.19. The lowest BCUT2D eigenvalue weighted by molar-refractivity contribution is -0.144. The van der Waals surface area contributed by atoms with E-state index in [9.17, 15) is 9.59 Å². The Morgan fingerprint density at radius 1 is 1.31 bits per heavy atom. The molecule has 0 spiro atoms. The summed E-state index contributed by atoms with van der Waals surface area (Å²) in [5, 5.41) is 7.24. The van der Waals surface area contributed by atoms with Crippen molar-refractivity contribution in [2.75, 3.05) is 17.3 Å². The van der Waals surface area contributed by atoms with E-state index >= 15 is 0 Å². The quantitative estimate of drug-likeness (QED) is 0.858. The molecule has 1 aliphatic rings. The van der Waals surface area contributed by atoms with Crippen molar-refractivity contribution >= 4 is 23.2 Å². The monoisotopic (exact) mass is 356 g/mol. The highest BCUT2D eigenvalue weighted by Gasteiger charge is 2.50. The minimum absolute atomic E-state index is 0.411. The van der Waals surface area contributed by atoms with Crippen molar-refractivity contribution in [3.05, 3.63) is 35.2 Å². The van der Waals surface area contributed by atoms with Gasteiger partial charge >= 0.3 is 0 Å². The first-order chi connectivity index (χ1) is 12.2. The molecule has 7 nitrogen and oxygen atoms in total. The van der Waals surface area contributed by atoms with E-state index < -0.39 is 17.4 Å². The molecule has 138 valence electrons. The minimum atomic E-state index is -1.65. The van der Waals surface area contributed by atoms with E-state index in [0.29, 0.717) is 29.4 Å². The fourth-order valence-electron chi connectivity index (χ4n) is 3.23. The molecule has 0 saturated heterocycles. The second-order valence-electron chi connectivity index (χ2n) is 6.79. The highest BCUT2D eigenvalue weighted by atomic mass is 16.5. The van der Waals surface area contributed by atoms with Gasteiger partial charge in [0.2, 0.25) is 0 Å². The number of hydrogen-bond acceptors (Lipinski definition) is 4. The first-order valence-electron chi connectivity index (χ1n) is 8.62. The molecule has 1 unspecified atom stereocenters. The van der Waals surface area contributed by atoms with Crippen molar-refractivity contribution in [1.29, 1.82) is 0 Å². The van der Waals surface area contributed by atoms with Gasteiger partial charge in [-0.15, -0.1) is 0 Å². The Bertz CT molecular complexity index is 902. The molecule has 1 aliphatic heterocycles. The number of nitrogens with zero attached hydrogens (tertiary/aromatic N) is 3. The highest BCUT2D eigenvalue weighted by Crippen LogP contribution is 2.38. The van der Waals surface area contributed by atoms with Crippen LogP contribution in [0.25, 0.3) is 0 Å². The van der Waals surface area contributed by atoms with Gasteiger partial charge in [-0.1, -0.05) is 6.07 Å². The maximum atomic E-state index is 13.0. The van der Waals surface area contributed by atoms with Gasteiger partial charge in [-0.05, 0) is 52.3 Å². The van der Waals surface area contributed by atoms with Gasteiger partial charge in [0.05, 0.1) is 22.8 Å². The topological polar surface area (TPSA) is 76.5 Å². The molecule has 1 aromatic carbocycles. The number of rotatable bonds is 3. The Kier molecular flexibility index (Phi) is 4.26. The first-order valence-corrected chi connectivity index (χ1v) is 8.62. The number of aromatic nitrogens is 2. The normalized spacial score (nSPS) is 19.2. The summed E-state index contributed by atoms with van der Waals surface area (Å²) in [4.78, 5) is 27.4. The largest absolute Gasteiger partial charge is 0.465 e. The summed E-state index contributed by atoms with van der Waals surface area (Å²) in [5.41, 5.74) is 2.18. The SMILES string of the molecule is CCn1nc(C)c(NC(=O)C2(C)Oc3ccc(C)cc3N(C)C2=O)c1C. The predicted octanol–water partition coefficient (Wildman–Crippen LogP) is 2.58. The van der Waals surface area contributed by atoms with Crippen molar-refractivity contribution in [1.82, 2.24) is 9.78 Å². The maximum Gasteiger partial charge on any atom is 0.280 e. The number of likely N-dealkylation sites (N-methyl/N-ethyl adjacent to an activating group) is 1. The van der Waals surface area contributed by atoms with Crippen LogP contribution in [0.5, 0.6) is 5.75 Å². The van der Waals surface area contributed by atoms with Gasteiger partial charge in [-0.3, -0.25) is 14.3 Å². The summed E-state index contributed by atoms with van der Waals surface area (Å²) < 4.78 is 7.68.